The number of likely N-dealkylation sites (tertiary alicyclic amines) is 1. The van der Waals surface area contributed by atoms with Gasteiger partial charge < -0.3 is 4.90 Å². The van der Waals surface area contributed by atoms with Gasteiger partial charge in [-0.2, -0.15) is 0 Å². The highest BCUT2D eigenvalue weighted by molar-refractivity contribution is 4.76. The highest BCUT2D eigenvalue weighted by Gasteiger charge is 2.19. The van der Waals surface area contributed by atoms with Crippen LogP contribution in [0.15, 0.2) is 0 Å². The first kappa shape index (κ1) is 7.98. The molecule has 1 rings (SSSR count). The zero-order valence-corrected chi connectivity index (χ0v) is 6.64. The van der Waals surface area contributed by atoms with Crippen LogP contribution in [0.3, 0.4) is 0 Å². The third-order valence-corrected chi connectivity index (χ3v) is 2.29. The summed E-state index contributed by atoms with van der Waals surface area (Å²) in [6.45, 7) is 2.20. The molecule has 1 atom stereocenters. The van der Waals surface area contributed by atoms with E-state index in [0.29, 0.717) is 0 Å². The molecule has 1 aliphatic rings. The van der Waals surface area contributed by atoms with Crippen LogP contribution in [0, 0.1) is 0 Å². The van der Waals surface area contributed by atoms with Crippen LogP contribution in [0.5, 0.6) is 0 Å². The van der Waals surface area contributed by atoms with Gasteiger partial charge in [0.2, 0.25) is 0 Å². The van der Waals surface area contributed by atoms with Crippen molar-refractivity contribution in [2.75, 3.05) is 20.1 Å². The monoisotopic (exact) mass is 143 g/mol. The van der Waals surface area contributed by atoms with Crippen molar-refractivity contribution in [2.45, 2.75) is 25.3 Å². The number of nitrogens with zero attached hydrogens (tertiary/aromatic N) is 1. The molecule has 3 N–H and O–H groups in total. The minimum Gasteiger partial charge on any atom is -0.303 e. The Morgan fingerprint density at radius 1 is 1.70 bits per heavy atom. The van der Waals surface area contributed by atoms with Crippen LogP contribution in [0.4, 0.5) is 0 Å². The molecule has 0 radical (unpaired) electrons. The Morgan fingerprint density at radius 2 is 2.50 bits per heavy atom. The van der Waals surface area contributed by atoms with E-state index in [-0.39, 0.29) is 0 Å². The molecule has 0 unspecified atom stereocenters. The zero-order chi connectivity index (χ0) is 7.40. The number of rotatable bonds is 3. The Labute approximate surface area is 62.5 Å². The fraction of sp³-hybridized carbons (Fsp3) is 1.00. The summed E-state index contributed by atoms with van der Waals surface area (Å²) in [5.41, 5.74) is 2.69. The van der Waals surface area contributed by atoms with E-state index in [4.69, 9.17) is 5.84 Å². The molecule has 10 heavy (non-hydrogen) atoms. The lowest BCUT2D eigenvalue weighted by Crippen LogP contribution is -2.31. The van der Waals surface area contributed by atoms with E-state index in [1.807, 2.05) is 0 Å². The van der Waals surface area contributed by atoms with E-state index in [2.05, 4.69) is 17.4 Å². The van der Waals surface area contributed by atoms with Crippen LogP contribution in [-0.2, 0) is 0 Å². The summed E-state index contributed by atoms with van der Waals surface area (Å²) in [6, 6.07) is 0.774. The average molecular weight is 143 g/mol. The largest absolute Gasteiger partial charge is 0.303 e. The topological polar surface area (TPSA) is 41.3 Å². The number of hydrogen-bond acceptors (Lipinski definition) is 3. The summed E-state index contributed by atoms with van der Waals surface area (Å²) in [5, 5.41) is 0. The van der Waals surface area contributed by atoms with Crippen molar-refractivity contribution in [3.8, 4) is 0 Å². The standard InChI is InChI=1S/C7H17N3/c1-10-6-2-3-7(10)4-5-9-8/h7,9H,2-6,8H2,1H3/t7-/m0/s1. The highest BCUT2D eigenvalue weighted by atomic mass is 15.2. The molecule has 60 valence electrons. The number of nitrogens with one attached hydrogen (secondary N) is 1. The molecular formula is C7H17N3. The van der Waals surface area contributed by atoms with Crippen LogP contribution in [0.2, 0.25) is 0 Å². The first-order valence-electron chi connectivity index (χ1n) is 3.98. The predicted octanol–water partition coefficient (Wildman–Crippen LogP) is -0.0660. The lowest BCUT2D eigenvalue weighted by Gasteiger charge is -2.18. The maximum atomic E-state index is 5.18. The Bertz CT molecular complexity index is 94.9. The highest BCUT2D eigenvalue weighted by Crippen LogP contribution is 2.16. The van der Waals surface area contributed by atoms with Crippen molar-refractivity contribution in [2.24, 2.45) is 5.84 Å². The molecule has 1 aliphatic heterocycles. The molecule has 1 heterocycles. The molecule has 0 aliphatic carbocycles. The Balaban J connectivity index is 2.14. The summed E-state index contributed by atoms with van der Waals surface area (Å²) in [7, 11) is 2.19. The second-order valence-electron chi connectivity index (χ2n) is 3.02. The summed E-state index contributed by atoms with van der Waals surface area (Å²) in [4.78, 5) is 2.41. The molecule has 1 saturated heterocycles. The van der Waals surface area contributed by atoms with Crippen molar-refractivity contribution in [3.05, 3.63) is 0 Å². The van der Waals surface area contributed by atoms with Gasteiger partial charge in [-0.1, -0.05) is 0 Å². The Kier molecular flexibility index (Phi) is 3.12. The van der Waals surface area contributed by atoms with E-state index in [1.54, 1.807) is 0 Å². The van der Waals surface area contributed by atoms with Crippen molar-refractivity contribution in [1.29, 1.82) is 0 Å². The van der Waals surface area contributed by atoms with Gasteiger partial charge in [-0.3, -0.25) is 11.3 Å². The molecule has 1 fully saturated rings. The van der Waals surface area contributed by atoms with Gasteiger partial charge in [0.1, 0.15) is 0 Å². The molecular weight excluding hydrogens is 126 g/mol. The third kappa shape index (κ3) is 1.94. The molecule has 0 amide bonds. The molecule has 3 heteroatoms. The predicted molar refractivity (Wildman–Crippen MR) is 42.5 cm³/mol. The number of hydrogen-bond donors (Lipinski definition) is 2. The summed E-state index contributed by atoms with van der Waals surface area (Å²) < 4.78 is 0. The lowest BCUT2D eigenvalue weighted by molar-refractivity contribution is 0.294. The van der Waals surface area contributed by atoms with Crippen LogP contribution in [-0.4, -0.2) is 31.1 Å². The van der Waals surface area contributed by atoms with Crippen molar-refractivity contribution < 1.29 is 0 Å². The van der Waals surface area contributed by atoms with Crippen LogP contribution < -0.4 is 11.3 Å². The minimum atomic E-state index is 0.774. The van der Waals surface area contributed by atoms with Crippen molar-refractivity contribution in [1.82, 2.24) is 10.3 Å². The fourth-order valence-electron chi connectivity index (χ4n) is 1.59. The maximum absolute atomic E-state index is 5.18. The first-order chi connectivity index (χ1) is 4.84. The first-order valence-corrected chi connectivity index (χ1v) is 3.98. The number of nitrogens with two attached hydrogens (primary N) is 1. The van der Waals surface area contributed by atoms with Gasteiger partial charge in [0, 0.05) is 12.6 Å². The van der Waals surface area contributed by atoms with E-state index in [1.165, 1.54) is 25.8 Å². The lowest BCUT2D eigenvalue weighted by atomic mass is 10.1. The SMILES string of the molecule is CN1CCC[C@H]1CCNN. The van der Waals surface area contributed by atoms with Gasteiger partial charge in [-0.05, 0) is 32.9 Å². The quantitative estimate of drug-likeness (QED) is 0.429. The van der Waals surface area contributed by atoms with Gasteiger partial charge in [0.15, 0.2) is 0 Å². The Hall–Kier alpha value is -0.120. The Morgan fingerprint density at radius 3 is 3.00 bits per heavy atom. The summed E-state index contributed by atoms with van der Waals surface area (Å²) in [5.74, 6) is 5.18. The molecule has 0 aromatic carbocycles. The van der Waals surface area contributed by atoms with E-state index in [9.17, 15) is 0 Å². The third-order valence-electron chi connectivity index (χ3n) is 2.29. The van der Waals surface area contributed by atoms with Crippen LogP contribution >= 0.6 is 0 Å². The normalized spacial score (nSPS) is 27.6. The fourth-order valence-corrected chi connectivity index (χ4v) is 1.59. The molecule has 0 aromatic heterocycles. The van der Waals surface area contributed by atoms with Crippen LogP contribution in [0.1, 0.15) is 19.3 Å². The molecule has 0 spiro atoms. The summed E-state index contributed by atoms with van der Waals surface area (Å²) in [6.07, 6.45) is 3.89. The molecule has 3 nitrogen and oxygen atoms in total. The maximum Gasteiger partial charge on any atom is 0.0112 e. The van der Waals surface area contributed by atoms with Gasteiger partial charge in [-0.25, -0.2) is 0 Å². The molecule has 0 saturated carbocycles. The van der Waals surface area contributed by atoms with Crippen molar-refractivity contribution in [3.63, 3.8) is 0 Å². The average Bonchev–Trinajstić information content (AvgIpc) is 2.31. The zero-order valence-electron chi connectivity index (χ0n) is 6.64. The smallest absolute Gasteiger partial charge is 0.0112 e. The second-order valence-corrected chi connectivity index (χ2v) is 3.02. The van der Waals surface area contributed by atoms with Crippen LogP contribution in [0.25, 0.3) is 0 Å². The molecule has 0 aromatic rings. The van der Waals surface area contributed by atoms with Crippen molar-refractivity contribution >= 4 is 0 Å². The van der Waals surface area contributed by atoms with E-state index in [0.717, 1.165) is 12.6 Å². The van der Waals surface area contributed by atoms with Gasteiger partial charge in [0.05, 0.1) is 0 Å². The van der Waals surface area contributed by atoms with Gasteiger partial charge >= 0.3 is 0 Å². The van der Waals surface area contributed by atoms with Gasteiger partial charge in [0.25, 0.3) is 0 Å². The number of hydrazine groups is 1. The van der Waals surface area contributed by atoms with E-state index >= 15 is 0 Å². The van der Waals surface area contributed by atoms with E-state index < -0.39 is 0 Å². The van der Waals surface area contributed by atoms with Gasteiger partial charge in [-0.15, -0.1) is 0 Å². The minimum absolute atomic E-state index is 0.774. The second kappa shape index (κ2) is 3.91. The summed E-state index contributed by atoms with van der Waals surface area (Å²) >= 11 is 0. The molecule has 0 bridgehead atoms.